The van der Waals surface area contributed by atoms with E-state index in [1.165, 1.54) is 30.7 Å². The van der Waals surface area contributed by atoms with E-state index in [1.54, 1.807) is 12.1 Å². The van der Waals surface area contributed by atoms with Crippen molar-refractivity contribution in [1.29, 1.82) is 0 Å². The predicted molar refractivity (Wildman–Crippen MR) is 136 cm³/mol. The molecule has 0 amide bonds. The maximum Gasteiger partial charge on any atom is 0.307 e. The normalized spacial score (nSPS) is 12.6. The Morgan fingerprint density at radius 1 is 1.16 bits per heavy atom. The Hall–Kier alpha value is -3.47. The van der Waals surface area contributed by atoms with Crippen LogP contribution in [0.1, 0.15) is 37.6 Å². The molecule has 0 radical (unpaired) electrons. The van der Waals surface area contributed by atoms with Crippen molar-refractivity contribution < 1.29 is 32.4 Å². The van der Waals surface area contributed by atoms with Crippen LogP contribution < -0.4 is 9.46 Å². The molecular weight excluding hydrogens is 502 g/mol. The van der Waals surface area contributed by atoms with Crippen molar-refractivity contribution in [3.05, 3.63) is 83.4 Å². The number of aromatic nitrogens is 1. The van der Waals surface area contributed by atoms with Crippen molar-refractivity contribution in [2.45, 2.75) is 45.1 Å². The summed E-state index contributed by atoms with van der Waals surface area (Å²) >= 11 is -1.40. The van der Waals surface area contributed by atoms with Crippen molar-refractivity contribution in [2.75, 3.05) is 0 Å². The second-order valence-electron chi connectivity index (χ2n) is 9.41. The second-order valence-corrected chi connectivity index (χ2v) is 11.5. The molecule has 2 aromatic carbocycles. The number of halogens is 2. The largest absolute Gasteiger partial charge is 0.598 e. The van der Waals surface area contributed by atoms with E-state index in [0.717, 1.165) is 6.07 Å². The fourth-order valence-electron chi connectivity index (χ4n) is 3.75. The predicted octanol–water partition coefficient (Wildman–Crippen LogP) is 5.53. The Kier molecular flexibility index (Phi) is 7.82. The van der Waals surface area contributed by atoms with Gasteiger partial charge in [-0.2, -0.15) is 0 Å². The molecule has 0 spiro atoms. The molecule has 0 aliphatic heterocycles. The molecule has 4 rings (SSSR count). The monoisotopic (exact) mass is 528 g/mol. The fourth-order valence-corrected chi connectivity index (χ4v) is 4.45. The smallest absolute Gasteiger partial charge is 0.307 e. The van der Waals surface area contributed by atoms with Gasteiger partial charge in [0.15, 0.2) is 5.82 Å². The number of rotatable bonds is 9. The molecule has 0 unspecified atom stereocenters. The second kappa shape index (κ2) is 10.9. The Morgan fingerprint density at radius 2 is 1.95 bits per heavy atom. The number of carbonyl (C=O) groups is 1. The zero-order valence-corrected chi connectivity index (χ0v) is 21.3. The molecule has 0 saturated heterocycles. The lowest BCUT2D eigenvalue weighted by molar-refractivity contribution is -0.136. The van der Waals surface area contributed by atoms with E-state index in [4.69, 9.17) is 14.3 Å². The van der Waals surface area contributed by atoms with Gasteiger partial charge in [0.05, 0.1) is 24.9 Å². The molecule has 0 bridgehead atoms. The molecule has 2 N–H and O–H groups in total. The van der Waals surface area contributed by atoms with Crippen molar-refractivity contribution >= 4 is 28.3 Å². The highest BCUT2D eigenvalue weighted by atomic mass is 32.2. The summed E-state index contributed by atoms with van der Waals surface area (Å²) in [7, 11) is 0. The lowest BCUT2D eigenvalue weighted by atomic mass is 10.00. The molecule has 0 fully saturated rings. The van der Waals surface area contributed by atoms with Gasteiger partial charge in [0.2, 0.25) is 0 Å². The molecule has 4 aromatic rings. The van der Waals surface area contributed by atoms with E-state index in [1.807, 2.05) is 26.8 Å². The van der Waals surface area contributed by atoms with E-state index in [9.17, 15) is 13.7 Å². The number of nitrogens with one attached hydrogen (secondary N) is 1. The van der Waals surface area contributed by atoms with Crippen LogP contribution in [-0.4, -0.2) is 25.4 Å². The standard InChI is InChI=1S/C27H26F2N2O5S/c1-27(2,3)37(34)31-14-22-25(29)20(6-8-30-22)21-11-16(10-17-7-9-35-26(17)21)15-36-23-5-4-19(28)12-18(23)13-24(32)33/h4-12,31H,13-15H2,1-3H3,(H,32,33)/t37-/m0/s1. The maximum atomic E-state index is 15.6. The van der Waals surface area contributed by atoms with E-state index >= 15 is 4.39 Å². The minimum Gasteiger partial charge on any atom is -0.598 e. The molecule has 2 heterocycles. The summed E-state index contributed by atoms with van der Waals surface area (Å²) < 4.78 is 55.3. The molecule has 0 aliphatic carbocycles. The van der Waals surface area contributed by atoms with E-state index in [-0.39, 0.29) is 35.7 Å². The first kappa shape index (κ1) is 26.6. The van der Waals surface area contributed by atoms with Gasteiger partial charge in [-0.1, -0.05) is 0 Å². The van der Waals surface area contributed by atoms with Gasteiger partial charge in [0, 0.05) is 39.6 Å². The highest BCUT2D eigenvalue weighted by Gasteiger charge is 2.27. The number of pyridine rings is 1. The van der Waals surface area contributed by atoms with Crippen LogP contribution in [0.15, 0.2) is 59.3 Å². The van der Waals surface area contributed by atoms with Crippen LogP contribution in [0.2, 0.25) is 0 Å². The summed E-state index contributed by atoms with van der Waals surface area (Å²) in [4.78, 5) is 15.3. The number of hydrogen-bond acceptors (Lipinski definition) is 6. The Balaban J connectivity index is 1.64. The third-order valence-corrected chi connectivity index (χ3v) is 7.07. The molecule has 0 saturated carbocycles. The number of nitrogens with zero attached hydrogens (tertiary/aromatic N) is 1. The maximum absolute atomic E-state index is 15.6. The summed E-state index contributed by atoms with van der Waals surface area (Å²) in [5.74, 6) is -2.00. The number of carboxylic acids is 1. The van der Waals surface area contributed by atoms with E-state index in [2.05, 4.69) is 9.71 Å². The molecule has 1 atom stereocenters. The van der Waals surface area contributed by atoms with Gasteiger partial charge in [-0.3, -0.25) is 9.78 Å². The summed E-state index contributed by atoms with van der Waals surface area (Å²) in [6.45, 7) is 5.44. The van der Waals surface area contributed by atoms with Crippen molar-refractivity contribution in [3.8, 4) is 16.9 Å². The third kappa shape index (κ3) is 6.27. The number of furan rings is 1. The lowest BCUT2D eigenvalue weighted by Gasteiger charge is -2.23. The van der Waals surface area contributed by atoms with Crippen LogP contribution in [0.4, 0.5) is 8.78 Å². The highest BCUT2D eigenvalue weighted by Crippen LogP contribution is 2.34. The van der Waals surface area contributed by atoms with E-state index in [0.29, 0.717) is 22.1 Å². The average molecular weight is 529 g/mol. The van der Waals surface area contributed by atoms with Crippen LogP contribution in [0.3, 0.4) is 0 Å². The fraction of sp³-hybridized carbons (Fsp3) is 0.259. The molecule has 194 valence electrons. The number of hydrogen-bond donors (Lipinski definition) is 2. The molecule has 37 heavy (non-hydrogen) atoms. The van der Waals surface area contributed by atoms with Crippen LogP contribution in [0.5, 0.6) is 5.75 Å². The minimum absolute atomic E-state index is 0.0232. The number of benzene rings is 2. The van der Waals surface area contributed by atoms with Gasteiger partial charge >= 0.3 is 5.97 Å². The van der Waals surface area contributed by atoms with Crippen LogP contribution in [0, 0.1) is 11.6 Å². The first-order chi connectivity index (χ1) is 17.5. The summed E-state index contributed by atoms with van der Waals surface area (Å²) in [5, 5.41) is 9.84. The SMILES string of the molecule is CC(C)(C)[S@+]([O-])NCc1nccc(-c2cc(COc3ccc(F)cc3CC(=O)O)cc3ccoc23)c1F. The minimum atomic E-state index is -1.40. The van der Waals surface area contributed by atoms with E-state index < -0.39 is 40.1 Å². The lowest BCUT2D eigenvalue weighted by Crippen LogP contribution is -2.39. The summed E-state index contributed by atoms with van der Waals surface area (Å²) in [5.41, 5.74) is 2.19. The Bertz CT molecular complexity index is 1430. The summed E-state index contributed by atoms with van der Waals surface area (Å²) in [6, 6.07) is 10.5. The van der Waals surface area contributed by atoms with Crippen molar-refractivity contribution in [1.82, 2.24) is 9.71 Å². The molecule has 7 nitrogen and oxygen atoms in total. The van der Waals surface area contributed by atoms with Crippen molar-refractivity contribution in [2.24, 2.45) is 0 Å². The van der Waals surface area contributed by atoms with Crippen LogP contribution in [-0.2, 0) is 35.7 Å². The van der Waals surface area contributed by atoms with Gasteiger partial charge in [-0.05, 0) is 68.8 Å². The zero-order valence-electron chi connectivity index (χ0n) is 20.5. The molecule has 2 aromatic heterocycles. The van der Waals surface area contributed by atoms with Crippen molar-refractivity contribution in [3.63, 3.8) is 0 Å². The molecular formula is C27H26F2N2O5S. The first-order valence-electron chi connectivity index (χ1n) is 11.4. The zero-order chi connectivity index (χ0) is 26.7. The summed E-state index contributed by atoms with van der Waals surface area (Å²) in [6.07, 6.45) is 2.58. The van der Waals surface area contributed by atoms with Gasteiger partial charge in [0.1, 0.15) is 28.5 Å². The average Bonchev–Trinajstić information content (AvgIpc) is 3.30. The van der Waals surface area contributed by atoms with Gasteiger partial charge in [-0.15, -0.1) is 4.72 Å². The van der Waals surface area contributed by atoms with Gasteiger partial charge in [0.25, 0.3) is 0 Å². The Labute approximate surface area is 215 Å². The van der Waals surface area contributed by atoms with Gasteiger partial charge < -0.3 is 18.8 Å². The van der Waals surface area contributed by atoms with Crippen LogP contribution >= 0.6 is 0 Å². The molecule has 0 aliphatic rings. The third-order valence-electron chi connectivity index (χ3n) is 5.55. The number of fused-ring (bicyclic) bond motifs is 1. The topological polar surface area (TPSA) is 108 Å². The quantitative estimate of drug-likeness (QED) is 0.275. The van der Waals surface area contributed by atoms with Gasteiger partial charge in [-0.25, -0.2) is 8.78 Å². The highest BCUT2D eigenvalue weighted by molar-refractivity contribution is 7.90. The Morgan fingerprint density at radius 3 is 2.68 bits per heavy atom. The number of ether oxygens (including phenoxy) is 1. The number of aliphatic carboxylic acids is 1. The van der Waals surface area contributed by atoms with Crippen LogP contribution in [0.25, 0.3) is 22.1 Å². The molecule has 10 heteroatoms. The first-order valence-corrected chi connectivity index (χ1v) is 12.6. The number of carboxylic acid groups (broad SMARTS) is 1.